The Kier molecular flexibility index (Phi) is 3.66. The van der Waals surface area contributed by atoms with E-state index in [2.05, 4.69) is 66.9 Å². The summed E-state index contributed by atoms with van der Waals surface area (Å²) in [7, 11) is 3.48. The highest BCUT2D eigenvalue weighted by Gasteiger charge is 2.83. The number of nitrogens with zero attached hydrogens (tertiary/aromatic N) is 2. The monoisotopic (exact) mass is 362 g/mol. The molecule has 1 fully saturated rings. The zero-order valence-electron chi connectivity index (χ0n) is 16.4. The van der Waals surface area contributed by atoms with Crippen molar-refractivity contribution in [2.24, 2.45) is 0 Å². The minimum absolute atomic E-state index is 0.103. The van der Waals surface area contributed by atoms with Gasteiger partial charge in [-0.05, 0) is 31.0 Å². The van der Waals surface area contributed by atoms with Gasteiger partial charge in [0.25, 0.3) is 0 Å². The zero-order chi connectivity index (χ0) is 18.8. The van der Waals surface area contributed by atoms with Crippen LogP contribution in [-0.4, -0.2) is 19.0 Å². The number of hydrogen-bond donors (Lipinski definition) is 0. The Bertz CT molecular complexity index is 1060. The first-order valence-electron chi connectivity index (χ1n) is 9.73. The molecule has 0 saturated carbocycles. The Hall–Kier alpha value is -2.27. The molecule has 0 amide bonds. The molecule has 0 N–H and O–H groups in total. The van der Waals surface area contributed by atoms with Crippen molar-refractivity contribution in [3.8, 4) is 11.3 Å². The van der Waals surface area contributed by atoms with E-state index in [0.717, 1.165) is 12.8 Å². The minimum atomic E-state index is 0.103. The normalized spacial score (nSPS) is 21.5. The van der Waals surface area contributed by atoms with Crippen LogP contribution in [0, 0.1) is 6.92 Å². The second kappa shape index (κ2) is 5.86. The SMILES string of the molecule is CCCc1cccc2c1ccc1[n+]2C2C(c3ccc(C)cc3-1)[N+]2(OC)OC. The molecule has 0 aliphatic carbocycles. The van der Waals surface area contributed by atoms with Gasteiger partial charge in [0.1, 0.15) is 0 Å². The van der Waals surface area contributed by atoms with Crippen LogP contribution in [0.5, 0.6) is 0 Å². The van der Waals surface area contributed by atoms with Gasteiger partial charge in [0.2, 0.25) is 11.2 Å². The molecular weight excluding hydrogens is 336 g/mol. The van der Waals surface area contributed by atoms with Crippen molar-refractivity contribution < 1.29 is 19.1 Å². The van der Waals surface area contributed by atoms with E-state index in [-0.39, 0.29) is 17.0 Å². The Morgan fingerprint density at radius 2 is 1.85 bits per heavy atom. The first-order valence-corrected chi connectivity index (χ1v) is 9.73. The highest BCUT2D eigenvalue weighted by Crippen LogP contribution is 2.62. The number of benzene rings is 2. The van der Waals surface area contributed by atoms with Crippen LogP contribution in [0.3, 0.4) is 0 Å². The van der Waals surface area contributed by atoms with Crippen molar-refractivity contribution in [1.82, 2.24) is 0 Å². The number of pyridine rings is 1. The number of aryl methyl sites for hydroxylation is 2. The molecule has 5 rings (SSSR count). The van der Waals surface area contributed by atoms with Gasteiger partial charge in [0, 0.05) is 27.9 Å². The average Bonchev–Trinajstić information content (AvgIpc) is 3.37. The number of rotatable bonds is 4. The second-order valence-electron chi connectivity index (χ2n) is 7.65. The highest BCUT2D eigenvalue weighted by atomic mass is 17.0. The van der Waals surface area contributed by atoms with Crippen LogP contribution in [0.15, 0.2) is 48.5 Å². The molecule has 0 spiro atoms. The van der Waals surface area contributed by atoms with Gasteiger partial charge in [0.05, 0.1) is 19.8 Å². The molecule has 2 aliphatic heterocycles. The maximum Gasteiger partial charge on any atom is 0.409 e. The van der Waals surface area contributed by atoms with Crippen LogP contribution in [0.4, 0.5) is 0 Å². The van der Waals surface area contributed by atoms with E-state index in [9.17, 15) is 0 Å². The molecule has 4 nitrogen and oxygen atoms in total. The maximum atomic E-state index is 5.91. The third-order valence-corrected chi connectivity index (χ3v) is 6.21. The standard InChI is InChI=1S/C23H26N2O2/c1-5-7-16-8-6-9-20-17(16)12-13-21-19-14-15(2)10-11-18(19)22-23(24(20)21)25(22,26-3)27-4/h6,8-14,22-23H,5,7H2,1-4H3/q+2. The lowest BCUT2D eigenvalue weighted by Crippen LogP contribution is -2.43. The summed E-state index contributed by atoms with van der Waals surface area (Å²) in [4.78, 5) is 12.0. The van der Waals surface area contributed by atoms with Crippen LogP contribution in [0.2, 0.25) is 0 Å². The summed E-state index contributed by atoms with van der Waals surface area (Å²) in [6, 6.07) is 18.1. The van der Waals surface area contributed by atoms with Gasteiger partial charge in [-0.15, -0.1) is 4.57 Å². The predicted octanol–water partition coefficient (Wildman–Crippen LogP) is 4.56. The highest BCUT2D eigenvalue weighted by molar-refractivity contribution is 5.82. The lowest BCUT2D eigenvalue weighted by atomic mass is 9.93. The number of hydrogen-bond acceptors (Lipinski definition) is 2. The molecule has 4 heteroatoms. The van der Waals surface area contributed by atoms with E-state index in [1.807, 2.05) is 0 Å². The summed E-state index contributed by atoms with van der Waals surface area (Å²) in [5.74, 6) is 0. The average molecular weight is 362 g/mol. The minimum Gasteiger partial charge on any atom is -0.164 e. The van der Waals surface area contributed by atoms with E-state index < -0.39 is 0 Å². The number of hydroxylamine groups is 4. The van der Waals surface area contributed by atoms with Crippen LogP contribution < -0.4 is 4.57 Å². The Morgan fingerprint density at radius 1 is 1.04 bits per heavy atom. The molecule has 2 aliphatic rings. The van der Waals surface area contributed by atoms with Gasteiger partial charge in [-0.25, -0.2) is 0 Å². The van der Waals surface area contributed by atoms with Crippen LogP contribution in [0.25, 0.3) is 22.2 Å². The van der Waals surface area contributed by atoms with E-state index in [0.29, 0.717) is 0 Å². The molecule has 2 atom stereocenters. The van der Waals surface area contributed by atoms with Crippen LogP contribution in [0.1, 0.15) is 42.2 Å². The smallest absolute Gasteiger partial charge is 0.164 e. The number of quaternary nitrogens is 1. The third-order valence-electron chi connectivity index (χ3n) is 6.21. The predicted molar refractivity (Wildman–Crippen MR) is 104 cm³/mol. The van der Waals surface area contributed by atoms with E-state index in [4.69, 9.17) is 9.68 Å². The first-order chi connectivity index (χ1) is 13.2. The molecule has 1 saturated heterocycles. The van der Waals surface area contributed by atoms with Crippen LogP contribution in [-0.2, 0) is 16.1 Å². The quantitative estimate of drug-likeness (QED) is 0.386. The topological polar surface area (TPSA) is 22.3 Å². The van der Waals surface area contributed by atoms with Crippen molar-refractivity contribution in [2.75, 3.05) is 14.2 Å². The Labute approximate surface area is 160 Å². The molecule has 3 aromatic rings. The summed E-state index contributed by atoms with van der Waals surface area (Å²) >= 11 is 0. The van der Waals surface area contributed by atoms with Gasteiger partial charge >= 0.3 is 12.2 Å². The van der Waals surface area contributed by atoms with E-state index >= 15 is 0 Å². The van der Waals surface area contributed by atoms with Crippen LogP contribution >= 0.6 is 0 Å². The largest absolute Gasteiger partial charge is 0.409 e. The van der Waals surface area contributed by atoms with Gasteiger partial charge < -0.3 is 0 Å². The van der Waals surface area contributed by atoms with Gasteiger partial charge in [-0.1, -0.05) is 43.2 Å². The number of fused-ring (bicyclic) bond motifs is 8. The van der Waals surface area contributed by atoms with Crippen molar-refractivity contribution >= 4 is 10.9 Å². The van der Waals surface area contributed by atoms with Crippen molar-refractivity contribution in [3.05, 3.63) is 65.2 Å². The molecule has 1 aromatic heterocycles. The maximum absolute atomic E-state index is 5.91. The van der Waals surface area contributed by atoms with Gasteiger partial charge in [-0.3, -0.25) is 0 Å². The lowest BCUT2D eigenvalue weighted by molar-refractivity contribution is -1.21. The molecule has 2 unspecified atom stereocenters. The summed E-state index contributed by atoms with van der Waals surface area (Å²) in [6.07, 6.45) is 2.34. The molecule has 138 valence electrons. The van der Waals surface area contributed by atoms with Crippen molar-refractivity contribution in [1.29, 1.82) is 0 Å². The fraction of sp³-hybridized carbons (Fsp3) is 0.348. The second-order valence-corrected chi connectivity index (χ2v) is 7.65. The summed E-state index contributed by atoms with van der Waals surface area (Å²) in [6.45, 7) is 4.39. The summed E-state index contributed by atoms with van der Waals surface area (Å²) in [5.41, 5.74) is 7.77. The van der Waals surface area contributed by atoms with Gasteiger partial charge in [-0.2, -0.15) is 9.68 Å². The molecule has 0 bridgehead atoms. The Balaban J connectivity index is 1.85. The first kappa shape index (κ1) is 16.9. The number of aromatic nitrogens is 1. The van der Waals surface area contributed by atoms with E-state index in [1.54, 1.807) is 14.2 Å². The van der Waals surface area contributed by atoms with Gasteiger partial charge in [0.15, 0.2) is 0 Å². The van der Waals surface area contributed by atoms with Crippen molar-refractivity contribution in [2.45, 2.75) is 38.9 Å². The molecule has 27 heavy (non-hydrogen) atoms. The van der Waals surface area contributed by atoms with Crippen molar-refractivity contribution in [3.63, 3.8) is 0 Å². The fourth-order valence-electron chi connectivity index (χ4n) is 4.97. The lowest BCUT2D eigenvalue weighted by Gasteiger charge is -2.12. The van der Waals surface area contributed by atoms with E-state index in [1.165, 1.54) is 38.9 Å². The Morgan fingerprint density at radius 3 is 2.59 bits per heavy atom. The molecule has 3 heterocycles. The summed E-state index contributed by atoms with van der Waals surface area (Å²) < 4.78 is 2.44. The fourth-order valence-corrected chi connectivity index (χ4v) is 4.97. The molecular formula is C23H26N2O2+2. The molecule has 2 aromatic carbocycles. The molecule has 0 radical (unpaired) electrons. The zero-order valence-corrected chi connectivity index (χ0v) is 16.4. The third kappa shape index (κ3) is 2.12. The summed E-state index contributed by atoms with van der Waals surface area (Å²) in [5, 5.41) is 1.33.